The molecule has 27 heavy (non-hydrogen) atoms. The fourth-order valence-electron chi connectivity index (χ4n) is 3.07. The van der Waals surface area contributed by atoms with Crippen LogP contribution in [-0.4, -0.2) is 44.7 Å². The molecule has 0 aromatic heterocycles. The van der Waals surface area contributed by atoms with Gasteiger partial charge in [0.1, 0.15) is 0 Å². The molecule has 2 aromatic rings. The van der Waals surface area contributed by atoms with Crippen LogP contribution in [0, 0.1) is 5.92 Å². The van der Waals surface area contributed by atoms with Crippen LogP contribution in [0.4, 0.5) is 0 Å². The van der Waals surface area contributed by atoms with Gasteiger partial charge in [-0.3, -0.25) is 4.99 Å². The van der Waals surface area contributed by atoms with E-state index in [4.69, 9.17) is 4.74 Å². The molecule has 146 valence electrons. The van der Waals surface area contributed by atoms with Gasteiger partial charge in [0.2, 0.25) is 0 Å². The van der Waals surface area contributed by atoms with E-state index in [2.05, 4.69) is 70.8 Å². The maximum atomic E-state index is 5.47. The summed E-state index contributed by atoms with van der Waals surface area (Å²) in [6, 6.07) is 19.2. The Bertz CT molecular complexity index is 703. The summed E-state index contributed by atoms with van der Waals surface area (Å²) in [7, 11) is 3.93. The highest BCUT2D eigenvalue weighted by Gasteiger charge is 2.18. The van der Waals surface area contributed by atoms with Crippen molar-refractivity contribution in [2.24, 2.45) is 10.9 Å². The summed E-state index contributed by atoms with van der Waals surface area (Å²) >= 11 is 1.78. The Labute approximate surface area is 183 Å². The predicted octanol–water partition coefficient (Wildman–Crippen LogP) is 4.50. The van der Waals surface area contributed by atoms with Crippen molar-refractivity contribution in [1.29, 1.82) is 0 Å². The number of aliphatic imine (C=N–C) groups is 1. The molecule has 1 aliphatic heterocycles. The van der Waals surface area contributed by atoms with Crippen molar-refractivity contribution in [3.8, 4) is 0 Å². The Morgan fingerprint density at radius 1 is 1.15 bits per heavy atom. The van der Waals surface area contributed by atoms with E-state index < -0.39 is 0 Å². The Morgan fingerprint density at radius 3 is 2.48 bits per heavy atom. The molecule has 3 rings (SSSR count). The van der Waals surface area contributed by atoms with E-state index in [1.165, 1.54) is 15.4 Å². The highest BCUT2D eigenvalue weighted by atomic mass is 127. The summed E-state index contributed by atoms with van der Waals surface area (Å²) in [5.41, 5.74) is 1.25. The zero-order valence-corrected chi connectivity index (χ0v) is 19.1. The first-order valence-electron chi connectivity index (χ1n) is 9.06. The first kappa shape index (κ1) is 22.0. The van der Waals surface area contributed by atoms with Gasteiger partial charge in [0, 0.05) is 49.5 Å². The van der Waals surface area contributed by atoms with Crippen molar-refractivity contribution >= 4 is 41.7 Å². The molecule has 1 fully saturated rings. The van der Waals surface area contributed by atoms with Gasteiger partial charge in [0.25, 0.3) is 0 Å². The minimum Gasteiger partial charge on any atom is -0.381 e. The van der Waals surface area contributed by atoms with Crippen LogP contribution in [0.2, 0.25) is 0 Å². The van der Waals surface area contributed by atoms with Crippen LogP contribution in [0.15, 0.2) is 69.4 Å². The van der Waals surface area contributed by atoms with Gasteiger partial charge in [-0.2, -0.15) is 0 Å². The summed E-state index contributed by atoms with van der Waals surface area (Å²) in [4.78, 5) is 9.11. The first-order chi connectivity index (χ1) is 12.7. The molecular weight excluding hydrogens is 469 g/mol. The van der Waals surface area contributed by atoms with Crippen molar-refractivity contribution in [3.05, 3.63) is 60.2 Å². The SMILES string of the molecule is CN=C(NCc1ccc(Sc2ccccc2)cc1)N(C)CC1CCOC1.I. The average molecular weight is 497 g/mol. The first-order valence-corrected chi connectivity index (χ1v) is 9.87. The van der Waals surface area contributed by atoms with E-state index in [1.807, 2.05) is 13.1 Å². The zero-order chi connectivity index (χ0) is 18.2. The van der Waals surface area contributed by atoms with Gasteiger partial charge < -0.3 is 15.0 Å². The topological polar surface area (TPSA) is 36.9 Å². The molecule has 1 atom stereocenters. The van der Waals surface area contributed by atoms with Gasteiger partial charge in [-0.15, -0.1) is 24.0 Å². The molecule has 6 heteroatoms. The number of hydrogen-bond acceptors (Lipinski definition) is 3. The van der Waals surface area contributed by atoms with Crippen LogP contribution in [-0.2, 0) is 11.3 Å². The van der Waals surface area contributed by atoms with Gasteiger partial charge in [-0.25, -0.2) is 0 Å². The summed E-state index contributed by atoms with van der Waals surface area (Å²) in [5, 5.41) is 3.46. The summed E-state index contributed by atoms with van der Waals surface area (Å²) in [6.07, 6.45) is 1.14. The van der Waals surface area contributed by atoms with Crippen LogP contribution < -0.4 is 5.32 Å². The number of benzene rings is 2. The van der Waals surface area contributed by atoms with E-state index in [9.17, 15) is 0 Å². The maximum absolute atomic E-state index is 5.47. The molecule has 1 saturated heterocycles. The van der Waals surface area contributed by atoms with Gasteiger partial charge in [-0.1, -0.05) is 42.1 Å². The summed E-state index contributed by atoms with van der Waals surface area (Å²) in [5.74, 6) is 1.53. The van der Waals surface area contributed by atoms with Gasteiger partial charge in [0.05, 0.1) is 6.61 Å². The lowest BCUT2D eigenvalue weighted by Crippen LogP contribution is -2.41. The van der Waals surface area contributed by atoms with Gasteiger partial charge >= 0.3 is 0 Å². The third-order valence-electron chi connectivity index (χ3n) is 4.48. The molecule has 4 nitrogen and oxygen atoms in total. The fraction of sp³-hybridized carbons (Fsp3) is 0.381. The van der Waals surface area contributed by atoms with Crippen LogP contribution in [0.1, 0.15) is 12.0 Å². The fourth-order valence-corrected chi connectivity index (χ4v) is 3.90. The normalized spacial score (nSPS) is 16.7. The van der Waals surface area contributed by atoms with Crippen molar-refractivity contribution in [2.75, 3.05) is 33.9 Å². The molecule has 0 spiro atoms. The molecule has 0 aliphatic carbocycles. The second kappa shape index (κ2) is 11.6. The smallest absolute Gasteiger partial charge is 0.193 e. The molecule has 0 bridgehead atoms. The number of ether oxygens (including phenoxy) is 1. The van der Waals surface area contributed by atoms with E-state index in [-0.39, 0.29) is 24.0 Å². The van der Waals surface area contributed by atoms with Crippen LogP contribution in [0.5, 0.6) is 0 Å². The zero-order valence-electron chi connectivity index (χ0n) is 15.9. The van der Waals surface area contributed by atoms with Gasteiger partial charge in [0.15, 0.2) is 5.96 Å². The Kier molecular flexibility index (Phi) is 9.44. The van der Waals surface area contributed by atoms with Crippen LogP contribution in [0.3, 0.4) is 0 Å². The van der Waals surface area contributed by atoms with Crippen molar-refractivity contribution in [3.63, 3.8) is 0 Å². The van der Waals surface area contributed by atoms with Crippen LogP contribution in [0.25, 0.3) is 0 Å². The van der Waals surface area contributed by atoms with E-state index >= 15 is 0 Å². The number of nitrogens with one attached hydrogen (secondary N) is 1. The van der Waals surface area contributed by atoms with Crippen molar-refractivity contribution in [2.45, 2.75) is 22.8 Å². The molecule has 1 heterocycles. The summed E-state index contributed by atoms with van der Waals surface area (Å²) < 4.78 is 5.47. The lowest BCUT2D eigenvalue weighted by atomic mass is 10.1. The molecule has 1 N–H and O–H groups in total. The third-order valence-corrected chi connectivity index (χ3v) is 5.50. The van der Waals surface area contributed by atoms with Crippen molar-refractivity contribution in [1.82, 2.24) is 10.2 Å². The average Bonchev–Trinajstić information content (AvgIpc) is 3.17. The lowest BCUT2D eigenvalue weighted by Gasteiger charge is -2.24. The highest BCUT2D eigenvalue weighted by molar-refractivity contribution is 14.0. The van der Waals surface area contributed by atoms with Crippen molar-refractivity contribution < 1.29 is 4.74 Å². The molecule has 0 saturated carbocycles. The molecule has 0 amide bonds. The molecule has 0 radical (unpaired) electrons. The Hall–Kier alpha value is -1.25. The maximum Gasteiger partial charge on any atom is 0.193 e. The predicted molar refractivity (Wildman–Crippen MR) is 124 cm³/mol. The molecule has 1 unspecified atom stereocenters. The molecule has 2 aromatic carbocycles. The Morgan fingerprint density at radius 2 is 1.85 bits per heavy atom. The quantitative estimate of drug-likeness (QED) is 0.363. The Balaban J connectivity index is 0.00000261. The number of nitrogens with zero attached hydrogens (tertiary/aromatic N) is 2. The minimum absolute atomic E-state index is 0. The summed E-state index contributed by atoms with van der Waals surface area (Å²) in [6.45, 7) is 3.50. The molecular formula is C21H28IN3OS. The lowest BCUT2D eigenvalue weighted by molar-refractivity contribution is 0.181. The second-order valence-electron chi connectivity index (χ2n) is 6.57. The molecule has 1 aliphatic rings. The van der Waals surface area contributed by atoms with E-state index in [1.54, 1.807) is 11.8 Å². The van der Waals surface area contributed by atoms with Gasteiger partial charge in [-0.05, 0) is 36.2 Å². The standard InChI is InChI=1S/C21H27N3OS.HI/c1-22-21(24(2)15-18-12-13-25-16-18)23-14-17-8-10-20(11-9-17)26-19-6-4-3-5-7-19;/h3-11,18H,12-16H2,1-2H3,(H,22,23);1H. The number of guanidine groups is 1. The highest BCUT2D eigenvalue weighted by Crippen LogP contribution is 2.27. The van der Waals surface area contributed by atoms with E-state index in [0.29, 0.717) is 5.92 Å². The number of hydrogen-bond donors (Lipinski definition) is 1. The van der Waals surface area contributed by atoms with E-state index in [0.717, 1.165) is 38.7 Å². The number of rotatable bonds is 6. The largest absolute Gasteiger partial charge is 0.381 e. The third kappa shape index (κ3) is 7.01. The minimum atomic E-state index is 0. The number of halogens is 1. The monoisotopic (exact) mass is 497 g/mol. The second-order valence-corrected chi connectivity index (χ2v) is 7.72. The van der Waals surface area contributed by atoms with Crippen LogP contribution >= 0.6 is 35.7 Å².